The van der Waals surface area contributed by atoms with Crippen molar-refractivity contribution >= 4 is 48.0 Å². The minimum Gasteiger partial charge on any atom is -0.314 e. The average molecular weight is 347 g/mol. The molecule has 0 aliphatic carbocycles. The van der Waals surface area contributed by atoms with Crippen molar-refractivity contribution < 1.29 is 0 Å². The van der Waals surface area contributed by atoms with Gasteiger partial charge in [-0.3, -0.25) is 4.90 Å². The van der Waals surface area contributed by atoms with Crippen LogP contribution in [0, 0.1) is 0 Å². The summed E-state index contributed by atoms with van der Waals surface area (Å²) in [5.41, 5.74) is 1.08. The molecule has 1 aromatic heterocycles. The summed E-state index contributed by atoms with van der Waals surface area (Å²) in [6.07, 6.45) is 1.03. The van der Waals surface area contributed by atoms with Crippen molar-refractivity contribution in [1.29, 1.82) is 0 Å². The van der Waals surface area contributed by atoms with Crippen LogP contribution in [0.2, 0.25) is 10.3 Å². The Morgan fingerprint density at radius 3 is 2.42 bits per heavy atom. The van der Waals surface area contributed by atoms with Gasteiger partial charge in [-0.1, -0.05) is 36.2 Å². The fourth-order valence-electron chi connectivity index (χ4n) is 2.34. The van der Waals surface area contributed by atoms with Crippen molar-refractivity contribution in [2.24, 2.45) is 0 Å². The van der Waals surface area contributed by atoms with Crippen LogP contribution in [0.25, 0.3) is 0 Å². The van der Waals surface area contributed by atoms with E-state index < -0.39 is 0 Å². The third kappa shape index (κ3) is 4.92. The van der Waals surface area contributed by atoms with Gasteiger partial charge in [0.25, 0.3) is 0 Å². The Kier molecular flexibility index (Phi) is 9.33. The van der Waals surface area contributed by atoms with Crippen LogP contribution in [-0.4, -0.2) is 36.1 Å². The summed E-state index contributed by atoms with van der Waals surface area (Å²) in [7, 11) is 0. The van der Waals surface area contributed by atoms with E-state index in [1.807, 2.05) is 12.1 Å². The van der Waals surface area contributed by atoms with Crippen LogP contribution in [0.1, 0.15) is 24.9 Å². The molecule has 0 unspecified atom stereocenters. The molecule has 0 bridgehead atoms. The van der Waals surface area contributed by atoms with Crippen LogP contribution < -0.4 is 5.32 Å². The maximum atomic E-state index is 6.18. The molecule has 1 atom stereocenters. The predicted octanol–water partition coefficient (Wildman–Crippen LogP) is 3.59. The molecule has 2 rings (SSSR count). The fraction of sp³-hybridized carbons (Fsp3) is 0.583. The van der Waals surface area contributed by atoms with Crippen molar-refractivity contribution in [3.8, 4) is 0 Å². The smallest absolute Gasteiger partial charge is 0.135 e. The molecule has 3 nitrogen and oxygen atoms in total. The Labute approximate surface area is 136 Å². The van der Waals surface area contributed by atoms with Gasteiger partial charge in [0.15, 0.2) is 0 Å². The van der Waals surface area contributed by atoms with Gasteiger partial charge in [-0.2, -0.15) is 0 Å². The molecule has 0 aromatic carbocycles. The lowest BCUT2D eigenvalue weighted by atomic mass is 10.0. The van der Waals surface area contributed by atoms with E-state index in [4.69, 9.17) is 23.2 Å². The van der Waals surface area contributed by atoms with Crippen molar-refractivity contribution in [1.82, 2.24) is 15.2 Å². The van der Waals surface area contributed by atoms with Crippen molar-refractivity contribution in [3.63, 3.8) is 0 Å². The lowest BCUT2D eigenvalue weighted by Gasteiger charge is -2.34. The van der Waals surface area contributed by atoms with Gasteiger partial charge in [0.05, 0.1) is 0 Å². The maximum absolute atomic E-state index is 6.18. The van der Waals surface area contributed by atoms with Crippen LogP contribution in [-0.2, 0) is 0 Å². The molecular weight excluding hydrogens is 328 g/mol. The molecule has 1 fully saturated rings. The lowest BCUT2D eigenvalue weighted by Crippen LogP contribution is -2.45. The zero-order valence-electron chi connectivity index (χ0n) is 10.7. The Balaban J connectivity index is 0.00000162. The lowest BCUT2D eigenvalue weighted by molar-refractivity contribution is 0.169. The van der Waals surface area contributed by atoms with Crippen LogP contribution in [0.4, 0.5) is 0 Å². The monoisotopic (exact) mass is 345 g/mol. The molecule has 110 valence electrons. The second-order valence-corrected chi connectivity index (χ2v) is 4.97. The van der Waals surface area contributed by atoms with Crippen LogP contribution in [0.5, 0.6) is 0 Å². The number of pyridine rings is 1. The highest BCUT2D eigenvalue weighted by molar-refractivity contribution is 6.32. The average Bonchev–Trinajstić information content (AvgIpc) is 2.34. The SMILES string of the molecule is CC[C@@H](c1ccc(Cl)nc1Cl)N1CCNCC1.Cl.Cl. The van der Waals surface area contributed by atoms with Crippen LogP contribution in [0.3, 0.4) is 0 Å². The molecule has 7 heteroatoms. The number of rotatable bonds is 3. The van der Waals surface area contributed by atoms with Crippen LogP contribution >= 0.6 is 48.0 Å². The Hall–Kier alpha value is 0.230. The van der Waals surface area contributed by atoms with E-state index in [2.05, 4.69) is 22.1 Å². The van der Waals surface area contributed by atoms with Gasteiger partial charge in [-0.25, -0.2) is 4.98 Å². The summed E-state index contributed by atoms with van der Waals surface area (Å²) in [5, 5.41) is 4.34. The largest absolute Gasteiger partial charge is 0.314 e. The topological polar surface area (TPSA) is 28.2 Å². The van der Waals surface area contributed by atoms with Gasteiger partial charge in [-0.05, 0) is 12.5 Å². The molecule has 1 saturated heterocycles. The third-order valence-corrected chi connectivity index (χ3v) is 3.69. The molecule has 2 heterocycles. The molecule has 0 spiro atoms. The summed E-state index contributed by atoms with van der Waals surface area (Å²) in [5.74, 6) is 0. The number of piperazine rings is 1. The number of nitrogens with zero attached hydrogens (tertiary/aromatic N) is 2. The summed E-state index contributed by atoms with van der Waals surface area (Å²) in [6, 6.07) is 4.15. The Bertz CT molecular complexity index is 383. The molecule has 19 heavy (non-hydrogen) atoms. The minimum atomic E-state index is 0. The fourth-order valence-corrected chi connectivity index (χ4v) is 2.81. The number of hydrogen-bond acceptors (Lipinski definition) is 3. The summed E-state index contributed by atoms with van der Waals surface area (Å²) in [6.45, 7) is 6.36. The highest BCUT2D eigenvalue weighted by atomic mass is 35.5. The zero-order chi connectivity index (χ0) is 12.3. The van der Waals surface area contributed by atoms with E-state index >= 15 is 0 Å². The van der Waals surface area contributed by atoms with E-state index in [0.29, 0.717) is 16.3 Å². The molecule has 0 saturated carbocycles. The normalized spacial score (nSPS) is 17.2. The van der Waals surface area contributed by atoms with Gasteiger partial charge in [0, 0.05) is 37.8 Å². The maximum Gasteiger partial charge on any atom is 0.135 e. The summed E-state index contributed by atoms with van der Waals surface area (Å²) >= 11 is 12.0. The second-order valence-electron chi connectivity index (χ2n) is 4.22. The van der Waals surface area contributed by atoms with E-state index in [-0.39, 0.29) is 24.8 Å². The van der Waals surface area contributed by atoms with Crippen molar-refractivity contribution in [2.45, 2.75) is 19.4 Å². The minimum absolute atomic E-state index is 0. The van der Waals surface area contributed by atoms with Gasteiger partial charge >= 0.3 is 0 Å². The zero-order valence-corrected chi connectivity index (χ0v) is 13.9. The van der Waals surface area contributed by atoms with E-state index in [1.54, 1.807) is 0 Å². The molecule has 1 aliphatic rings. The number of aromatic nitrogens is 1. The van der Waals surface area contributed by atoms with Gasteiger partial charge < -0.3 is 5.32 Å². The first-order valence-corrected chi connectivity index (χ1v) is 6.74. The Morgan fingerprint density at radius 2 is 1.89 bits per heavy atom. The molecule has 1 N–H and O–H groups in total. The van der Waals surface area contributed by atoms with Crippen molar-refractivity contribution in [2.75, 3.05) is 26.2 Å². The summed E-state index contributed by atoms with van der Waals surface area (Å²) < 4.78 is 0. The highest BCUT2D eigenvalue weighted by Gasteiger charge is 2.22. The third-order valence-electron chi connectivity index (χ3n) is 3.18. The molecule has 1 aromatic rings. The Morgan fingerprint density at radius 1 is 1.26 bits per heavy atom. The first-order valence-electron chi connectivity index (χ1n) is 5.99. The first kappa shape index (κ1) is 19.2. The van der Waals surface area contributed by atoms with Gasteiger partial charge in [-0.15, -0.1) is 24.8 Å². The van der Waals surface area contributed by atoms with E-state index in [0.717, 1.165) is 38.2 Å². The number of hydrogen-bond donors (Lipinski definition) is 1. The quantitative estimate of drug-likeness (QED) is 0.848. The molecular formula is C12H19Cl4N3. The first-order chi connectivity index (χ1) is 8.22. The van der Waals surface area contributed by atoms with E-state index in [9.17, 15) is 0 Å². The highest BCUT2D eigenvalue weighted by Crippen LogP contribution is 2.30. The second kappa shape index (κ2) is 9.22. The van der Waals surface area contributed by atoms with E-state index in [1.165, 1.54) is 0 Å². The number of nitrogens with one attached hydrogen (secondary N) is 1. The number of halogens is 4. The van der Waals surface area contributed by atoms with Crippen molar-refractivity contribution in [3.05, 3.63) is 28.0 Å². The molecule has 0 radical (unpaired) electrons. The van der Waals surface area contributed by atoms with Gasteiger partial charge in [0.1, 0.15) is 10.3 Å². The standard InChI is InChI=1S/C12H17Cl2N3.2ClH/c1-2-10(17-7-5-15-6-8-17)9-3-4-11(13)16-12(9)14;;/h3-4,10,15H,2,5-8H2,1H3;2*1H/t10-;;/m0../s1. The summed E-state index contributed by atoms with van der Waals surface area (Å²) in [4.78, 5) is 6.58. The molecule has 0 amide bonds. The predicted molar refractivity (Wildman–Crippen MR) is 86.2 cm³/mol. The molecule has 1 aliphatic heterocycles. The van der Waals surface area contributed by atoms with Gasteiger partial charge in [0.2, 0.25) is 0 Å². The van der Waals surface area contributed by atoms with Crippen LogP contribution in [0.15, 0.2) is 12.1 Å².